The van der Waals surface area contributed by atoms with E-state index in [0.29, 0.717) is 32.2 Å². The number of ether oxygens (including phenoxy) is 7. The zero-order valence-electron chi connectivity index (χ0n) is 51.8. The third-order valence-corrected chi connectivity index (χ3v) is 13.7. The molecule has 2 aromatic carbocycles. The van der Waals surface area contributed by atoms with Gasteiger partial charge in [0.2, 0.25) is 23.6 Å². The number of esters is 2. The van der Waals surface area contributed by atoms with Crippen molar-refractivity contribution in [3.8, 4) is 11.1 Å². The van der Waals surface area contributed by atoms with E-state index in [1.165, 1.54) is 44.9 Å². The molecule has 5 amide bonds. The second-order valence-electron chi connectivity index (χ2n) is 23.5. The van der Waals surface area contributed by atoms with Crippen LogP contribution in [0.1, 0.15) is 193 Å². The molecule has 0 bridgehead atoms. The van der Waals surface area contributed by atoms with Gasteiger partial charge in [-0.1, -0.05) is 126 Å². The van der Waals surface area contributed by atoms with Gasteiger partial charge in [0.05, 0.1) is 39.6 Å². The Morgan fingerprint density at radius 3 is 1.42 bits per heavy atom. The van der Waals surface area contributed by atoms with Gasteiger partial charge in [0, 0.05) is 44.8 Å². The molecule has 0 aliphatic heterocycles. The third kappa shape index (κ3) is 35.2. The maximum atomic E-state index is 13.0. The molecule has 0 fully saturated rings. The van der Waals surface area contributed by atoms with Crippen molar-refractivity contribution >= 4 is 47.6 Å². The lowest BCUT2D eigenvalue weighted by molar-refractivity contribution is -0.159. The number of carbonyl (C=O) groups is 8. The molecular formula is C64H101N5O16. The molecule has 1 aliphatic carbocycles. The largest absolute Gasteiger partial charge is 0.480 e. The van der Waals surface area contributed by atoms with Crippen molar-refractivity contribution in [2.75, 3.05) is 79.1 Å². The predicted octanol–water partition coefficient (Wildman–Crippen LogP) is 8.75. The van der Waals surface area contributed by atoms with Crippen molar-refractivity contribution in [3.05, 3.63) is 59.7 Å². The molecule has 1 unspecified atom stereocenters. The number of nitrogens with one attached hydrogen (secondary N) is 5. The topological polar surface area (TPSA) is 282 Å². The highest BCUT2D eigenvalue weighted by Crippen LogP contribution is 2.44. The average Bonchev–Trinajstić information content (AvgIpc) is 3.59. The summed E-state index contributed by atoms with van der Waals surface area (Å²) >= 11 is 0. The van der Waals surface area contributed by atoms with Gasteiger partial charge in [0.1, 0.15) is 43.1 Å². The summed E-state index contributed by atoms with van der Waals surface area (Å²) in [6.45, 7) is 12.5. The summed E-state index contributed by atoms with van der Waals surface area (Å²) in [5, 5.41) is 23.1. The highest BCUT2D eigenvalue weighted by atomic mass is 16.6. The molecule has 0 heterocycles. The lowest BCUT2D eigenvalue weighted by Crippen LogP contribution is -2.44. The van der Waals surface area contributed by atoms with Crippen LogP contribution in [0.5, 0.6) is 0 Å². The Balaban J connectivity index is 1.09. The molecule has 1 aliphatic rings. The standard InChI is InChI=1S/C64H101N5O16/c1-63(2,3)84-59(74)33-20-18-16-14-12-10-8-7-9-11-13-15-17-19-32-56(71)68-54(61(77)85-64(4,5)6)34-35-55(70)66-37-39-79-41-44-82-47-58(73)67-38-40-80-42-43-81-46-57(72)65-36-26-25-31-53(60(75)76)69-62(78)83-45-52-50-29-23-21-27-48(50)49-28-22-24-30-51(49)52/h21-24,27-30,52-54H,7-20,25-26,31-47H2,1-6H3,(H,65,72)(H,66,70)(H,67,73)(H,68,71)(H,69,78)(H,75,76)/t53?,54-/m1/s1. The van der Waals surface area contributed by atoms with Gasteiger partial charge in [0.25, 0.3) is 0 Å². The zero-order chi connectivity index (χ0) is 62.1. The summed E-state index contributed by atoms with van der Waals surface area (Å²) in [5.41, 5.74) is 3.11. The molecule has 3 rings (SSSR count). The summed E-state index contributed by atoms with van der Waals surface area (Å²) in [4.78, 5) is 99.1. The number of amides is 5. The van der Waals surface area contributed by atoms with Crippen LogP contribution in [0, 0.1) is 0 Å². The number of hydrogen-bond acceptors (Lipinski definition) is 15. The summed E-state index contributed by atoms with van der Waals surface area (Å²) in [6, 6.07) is 13.8. The lowest BCUT2D eigenvalue weighted by atomic mass is 9.98. The molecule has 6 N–H and O–H groups in total. The molecule has 21 nitrogen and oxygen atoms in total. The second kappa shape index (κ2) is 42.6. The Bertz CT molecular complexity index is 2260. The molecule has 2 aromatic rings. The SMILES string of the molecule is CC(C)(C)OC(=O)CCCCCCCCCCCCCCCCC(=O)N[C@H](CCC(=O)NCCOCCOCC(=O)NCCOCCOCC(=O)NCCCCC(NC(=O)OCC1c2ccccc2-c2ccccc21)C(=O)O)C(=O)OC(C)(C)C. The molecular weight excluding hydrogens is 1090 g/mol. The van der Waals surface area contributed by atoms with Crippen molar-refractivity contribution in [3.63, 3.8) is 0 Å². The highest BCUT2D eigenvalue weighted by molar-refractivity contribution is 5.86. The summed E-state index contributed by atoms with van der Waals surface area (Å²) in [5.74, 6) is -3.24. The van der Waals surface area contributed by atoms with E-state index in [-0.39, 0.29) is 127 Å². The predicted molar refractivity (Wildman–Crippen MR) is 323 cm³/mol. The Morgan fingerprint density at radius 2 is 0.918 bits per heavy atom. The maximum absolute atomic E-state index is 13.0. The number of alkyl carbamates (subject to hydrolysis) is 1. The fourth-order valence-electron chi connectivity index (χ4n) is 9.46. The van der Waals surface area contributed by atoms with E-state index in [2.05, 4.69) is 26.6 Å². The van der Waals surface area contributed by atoms with Crippen LogP contribution in [0.2, 0.25) is 0 Å². The Labute approximate surface area is 504 Å². The number of carbonyl (C=O) groups excluding carboxylic acids is 7. The molecule has 85 heavy (non-hydrogen) atoms. The Morgan fingerprint density at radius 1 is 0.459 bits per heavy atom. The Kier molecular flexibility index (Phi) is 36.7. The molecule has 0 aromatic heterocycles. The van der Waals surface area contributed by atoms with E-state index < -0.39 is 41.3 Å². The fraction of sp³-hybridized carbons (Fsp3) is 0.688. The fourth-order valence-corrected chi connectivity index (χ4v) is 9.46. The summed E-state index contributed by atoms with van der Waals surface area (Å²) < 4.78 is 38.1. The second-order valence-corrected chi connectivity index (χ2v) is 23.5. The molecule has 478 valence electrons. The number of carboxylic acids is 1. The smallest absolute Gasteiger partial charge is 0.407 e. The van der Waals surface area contributed by atoms with Crippen molar-refractivity contribution in [1.82, 2.24) is 26.6 Å². The van der Waals surface area contributed by atoms with Crippen molar-refractivity contribution in [2.24, 2.45) is 0 Å². The molecule has 0 radical (unpaired) electrons. The molecule has 0 spiro atoms. The number of carboxylic acid groups (broad SMARTS) is 1. The van der Waals surface area contributed by atoms with Gasteiger partial charge < -0.3 is 64.8 Å². The minimum absolute atomic E-state index is 0.00203. The van der Waals surface area contributed by atoms with Gasteiger partial charge >= 0.3 is 24.0 Å². The molecule has 2 atom stereocenters. The minimum atomic E-state index is -1.18. The monoisotopic (exact) mass is 1200 g/mol. The molecule has 0 saturated carbocycles. The van der Waals surface area contributed by atoms with Gasteiger partial charge in [-0.25, -0.2) is 14.4 Å². The molecule has 0 saturated heterocycles. The summed E-state index contributed by atoms with van der Waals surface area (Å²) in [7, 11) is 0. The van der Waals surface area contributed by atoms with Gasteiger partial charge in [-0.05, 0) is 102 Å². The van der Waals surface area contributed by atoms with Crippen molar-refractivity contribution in [2.45, 2.75) is 206 Å². The summed E-state index contributed by atoms with van der Waals surface area (Å²) in [6.07, 6.45) is 16.7. The maximum Gasteiger partial charge on any atom is 0.407 e. The van der Waals surface area contributed by atoms with Crippen LogP contribution in [0.3, 0.4) is 0 Å². The highest BCUT2D eigenvalue weighted by Gasteiger charge is 2.31. The van der Waals surface area contributed by atoms with E-state index in [1.54, 1.807) is 20.8 Å². The Hall–Kier alpha value is -6.16. The van der Waals surface area contributed by atoms with Crippen molar-refractivity contribution < 1.29 is 76.6 Å². The first-order valence-electron chi connectivity index (χ1n) is 30.9. The van der Waals surface area contributed by atoms with E-state index in [1.807, 2.05) is 69.3 Å². The van der Waals surface area contributed by atoms with Gasteiger partial charge in [-0.15, -0.1) is 0 Å². The normalized spacial score (nSPS) is 12.7. The van der Waals surface area contributed by atoms with E-state index >= 15 is 0 Å². The quantitative estimate of drug-likeness (QED) is 0.0205. The average molecular weight is 1200 g/mol. The van der Waals surface area contributed by atoms with Crippen LogP contribution >= 0.6 is 0 Å². The number of fused-ring (bicyclic) bond motifs is 3. The number of benzene rings is 2. The number of aliphatic carboxylic acids is 1. The minimum Gasteiger partial charge on any atom is -0.480 e. The first kappa shape index (κ1) is 73.1. The van der Waals surface area contributed by atoms with Crippen LogP contribution in [0.4, 0.5) is 4.79 Å². The van der Waals surface area contributed by atoms with Crippen LogP contribution in [0.15, 0.2) is 48.5 Å². The van der Waals surface area contributed by atoms with Gasteiger partial charge in [-0.2, -0.15) is 0 Å². The number of rotatable bonds is 47. The van der Waals surface area contributed by atoms with Crippen molar-refractivity contribution in [1.29, 1.82) is 0 Å². The van der Waals surface area contributed by atoms with Gasteiger partial charge in [0.15, 0.2) is 0 Å². The van der Waals surface area contributed by atoms with E-state index in [4.69, 9.17) is 33.2 Å². The molecule has 21 heteroatoms. The lowest BCUT2D eigenvalue weighted by Gasteiger charge is -2.24. The van der Waals surface area contributed by atoms with E-state index in [9.17, 15) is 43.5 Å². The number of hydrogen-bond donors (Lipinski definition) is 6. The van der Waals surface area contributed by atoms with Crippen LogP contribution in [-0.2, 0) is 66.7 Å². The first-order chi connectivity index (χ1) is 40.7. The third-order valence-electron chi connectivity index (χ3n) is 13.7. The van der Waals surface area contributed by atoms with Gasteiger partial charge in [-0.3, -0.25) is 24.0 Å². The number of unbranched alkanes of at least 4 members (excludes halogenated alkanes) is 14. The van der Waals surface area contributed by atoms with E-state index in [0.717, 1.165) is 67.2 Å². The van der Waals surface area contributed by atoms with Crippen LogP contribution in [-0.4, -0.2) is 155 Å². The van der Waals surface area contributed by atoms with Crippen LogP contribution in [0.25, 0.3) is 11.1 Å². The first-order valence-corrected chi connectivity index (χ1v) is 30.9. The zero-order valence-corrected chi connectivity index (χ0v) is 51.8. The van der Waals surface area contributed by atoms with Crippen LogP contribution < -0.4 is 26.6 Å².